The molecule has 1 aromatic rings. The van der Waals surface area contributed by atoms with Gasteiger partial charge in [0.1, 0.15) is 5.69 Å². The summed E-state index contributed by atoms with van der Waals surface area (Å²) >= 11 is 3.24. The quantitative estimate of drug-likeness (QED) is 0.528. The SMILES string of the molecule is CC(C)C(Br)C(=O)Nc1ccccc1[N+](=O)[O-]. The van der Waals surface area contributed by atoms with Gasteiger partial charge in [-0.05, 0) is 12.0 Å². The maximum Gasteiger partial charge on any atom is 0.292 e. The van der Waals surface area contributed by atoms with Gasteiger partial charge in [-0.2, -0.15) is 0 Å². The fourth-order valence-electron chi connectivity index (χ4n) is 1.24. The Bertz CT molecular complexity index is 434. The van der Waals surface area contributed by atoms with Crippen LogP contribution in [0.2, 0.25) is 0 Å². The number of amides is 1. The lowest BCUT2D eigenvalue weighted by Crippen LogP contribution is -2.27. The molecule has 0 radical (unpaired) electrons. The molecule has 92 valence electrons. The van der Waals surface area contributed by atoms with Gasteiger partial charge in [-0.25, -0.2) is 0 Å². The van der Waals surface area contributed by atoms with E-state index in [0.717, 1.165) is 0 Å². The first-order valence-electron chi connectivity index (χ1n) is 5.12. The Morgan fingerprint density at radius 3 is 2.53 bits per heavy atom. The summed E-state index contributed by atoms with van der Waals surface area (Å²) < 4.78 is 0. The molecule has 5 nitrogen and oxygen atoms in total. The van der Waals surface area contributed by atoms with Crippen LogP contribution in [0.1, 0.15) is 13.8 Å². The Kier molecular flexibility index (Phi) is 4.62. The predicted molar refractivity (Wildman–Crippen MR) is 69.3 cm³/mol. The van der Waals surface area contributed by atoms with E-state index < -0.39 is 4.92 Å². The van der Waals surface area contributed by atoms with Gasteiger partial charge in [0.05, 0.1) is 9.75 Å². The summed E-state index contributed by atoms with van der Waals surface area (Å²) in [5, 5.41) is 13.3. The summed E-state index contributed by atoms with van der Waals surface area (Å²) in [5.41, 5.74) is 0.108. The third-order valence-electron chi connectivity index (χ3n) is 2.19. The van der Waals surface area contributed by atoms with Crippen molar-refractivity contribution >= 4 is 33.2 Å². The highest BCUT2D eigenvalue weighted by Crippen LogP contribution is 2.24. The minimum absolute atomic E-state index is 0.107. The normalized spacial score (nSPS) is 12.2. The highest BCUT2D eigenvalue weighted by atomic mass is 79.9. The van der Waals surface area contributed by atoms with E-state index in [2.05, 4.69) is 21.2 Å². The molecule has 0 aliphatic carbocycles. The first-order chi connectivity index (χ1) is 7.93. The van der Waals surface area contributed by atoms with Gasteiger partial charge in [-0.15, -0.1) is 0 Å². The number of anilines is 1. The smallest absolute Gasteiger partial charge is 0.292 e. The van der Waals surface area contributed by atoms with Crippen molar-refractivity contribution in [2.75, 3.05) is 5.32 Å². The van der Waals surface area contributed by atoms with E-state index in [0.29, 0.717) is 0 Å². The van der Waals surface area contributed by atoms with E-state index in [1.54, 1.807) is 12.1 Å². The highest BCUT2D eigenvalue weighted by molar-refractivity contribution is 9.10. The van der Waals surface area contributed by atoms with Crippen molar-refractivity contribution in [3.63, 3.8) is 0 Å². The second-order valence-corrected chi connectivity index (χ2v) is 4.90. The Morgan fingerprint density at radius 2 is 2.00 bits per heavy atom. The summed E-state index contributed by atoms with van der Waals surface area (Å²) in [6.07, 6.45) is 0. The molecular weight excluding hydrogens is 288 g/mol. The Hall–Kier alpha value is -1.43. The van der Waals surface area contributed by atoms with Crippen LogP contribution in [-0.2, 0) is 4.79 Å². The number of nitrogens with zero attached hydrogens (tertiary/aromatic N) is 1. The Labute approximate surface area is 107 Å². The maximum atomic E-state index is 11.7. The maximum absolute atomic E-state index is 11.7. The summed E-state index contributed by atoms with van der Waals surface area (Å²) in [6.45, 7) is 3.77. The Balaban J connectivity index is 2.89. The molecule has 1 atom stereocenters. The van der Waals surface area contributed by atoms with Gasteiger partial charge in [0, 0.05) is 6.07 Å². The van der Waals surface area contributed by atoms with E-state index >= 15 is 0 Å². The largest absolute Gasteiger partial charge is 0.319 e. The zero-order valence-electron chi connectivity index (χ0n) is 9.51. The molecule has 0 saturated carbocycles. The van der Waals surface area contributed by atoms with E-state index in [1.807, 2.05) is 13.8 Å². The number of benzene rings is 1. The third-order valence-corrected chi connectivity index (χ3v) is 3.67. The van der Waals surface area contributed by atoms with Crippen molar-refractivity contribution in [1.29, 1.82) is 0 Å². The zero-order valence-corrected chi connectivity index (χ0v) is 11.1. The van der Waals surface area contributed by atoms with Crippen LogP contribution in [0.5, 0.6) is 0 Å². The van der Waals surface area contributed by atoms with Crippen molar-refractivity contribution in [2.45, 2.75) is 18.7 Å². The fraction of sp³-hybridized carbons (Fsp3) is 0.364. The number of hydrogen-bond acceptors (Lipinski definition) is 3. The minimum Gasteiger partial charge on any atom is -0.319 e. The van der Waals surface area contributed by atoms with Crippen LogP contribution >= 0.6 is 15.9 Å². The van der Waals surface area contributed by atoms with Crippen LogP contribution in [-0.4, -0.2) is 15.7 Å². The standard InChI is InChI=1S/C11H13BrN2O3/c1-7(2)10(12)11(15)13-8-5-3-4-6-9(8)14(16)17/h3-7,10H,1-2H3,(H,13,15). The van der Waals surface area contributed by atoms with Gasteiger partial charge in [-0.1, -0.05) is 41.9 Å². The average Bonchev–Trinajstić information content (AvgIpc) is 2.28. The number of hydrogen-bond donors (Lipinski definition) is 1. The number of nitrogens with one attached hydrogen (secondary N) is 1. The summed E-state index contributed by atoms with van der Waals surface area (Å²) in [4.78, 5) is 21.6. The van der Waals surface area contributed by atoms with Crippen LogP contribution in [0.4, 0.5) is 11.4 Å². The van der Waals surface area contributed by atoms with Crippen molar-refractivity contribution in [3.05, 3.63) is 34.4 Å². The van der Waals surface area contributed by atoms with E-state index in [4.69, 9.17) is 0 Å². The molecule has 1 unspecified atom stereocenters. The van der Waals surface area contributed by atoms with Crippen molar-refractivity contribution in [3.8, 4) is 0 Å². The number of rotatable bonds is 4. The second kappa shape index (κ2) is 5.77. The average molecular weight is 301 g/mol. The van der Waals surface area contributed by atoms with Crippen molar-refractivity contribution in [2.24, 2.45) is 5.92 Å². The Morgan fingerprint density at radius 1 is 1.41 bits per heavy atom. The predicted octanol–water partition coefficient (Wildman–Crippen LogP) is 2.95. The molecule has 1 rings (SSSR count). The van der Waals surface area contributed by atoms with Crippen molar-refractivity contribution in [1.82, 2.24) is 0 Å². The molecular formula is C11H13BrN2O3. The van der Waals surface area contributed by atoms with E-state index in [1.165, 1.54) is 12.1 Å². The molecule has 0 saturated heterocycles. The van der Waals surface area contributed by atoms with Gasteiger partial charge in [-0.3, -0.25) is 14.9 Å². The molecule has 6 heteroatoms. The summed E-state index contributed by atoms with van der Waals surface area (Å²) in [6, 6.07) is 6.06. The molecule has 0 heterocycles. The van der Waals surface area contributed by atoms with Crippen LogP contribution in [0.3, 0.4) is 0 Å². The van der Waals surface area contributed by atoms with E-state index in [9.17, 15) is 14.9 Å². The fourth-order valence-corrected chi connectivity index (χ4v) is 1.36. The summed E-state index contributed by atoms with van der Waals surface area (Å²) in [5.74, 6) is -0.174. The molecule has 0 spiro atoms. The van der Waals surface area contributed by atoms with Gasteiger partial charge < -0.3 is 5.32 Å². The lowest BCUT2D eigenvalue weighted by Gasteiger charge is -2.13. The molecule has 17 heavy (non-hydrogen) atoms. The van der Waals surface area contributed by atoms with Gasteiger partial charge in [0.2, 0.25) is 5.91 Å². The molecule has 1 aromatic carbocycles. The van der Waals surface area contributed by atoms with E-state index in [-0.39, 0.29) is 28.0 Å². The number of nitro benzene ring substituents is 1. The zero-order chi connectivity index (χ0) is 13.0. The highest BCUT2D eigenvalue weighted by Gasteiger charge is 2.21. The molecule has 1 N–H and O–H groups in total. The van der Waals surface area contributed by atoms with Gasteiger partial charge in [0.15, 0.2) is 0 Å². The molecule has 0 aliphatic rings. The number of alkyl halides is 1. The lowest BCUT2D eigenvalue weighted by molar-refractivity contribution is -0.383. The second-order valence-electron chi connectivity index (χ2n) is 3.91. The molecule has 1 amide bonds. The van der Waals surface area contributed by atoms with Crippen LogP contribution in [0, 0.1) is 16.0 Å². The topological polar surface area (TPSA) is 72.2 Å². The van der Waals surface area contributed by atoms with Gasteiger partial charge in [0.25, 0.3) is 5.69 Å². The number of carbonyl (C=O) groups excluding carboxylic acids is 1. The third kappa shape index (κ3) is 3.52. The molecule has 0 aliphatic heterocycles. The molecule has 0 fully saturated rings. The number of carbonyl (C=O) groups is 1. The van der Waals surface area contributed by atoms with Gasteiger partial charge >= 0.3 is 0 Å². The first kappa shape index (κ1) is 13.6. The number of nitro groups is 1. The molecule has 0 bridgehead atoms. The van der Waals surface area contributed by atoms with Crippen LogP contribution < -0.4 is 5.32 Å². The summed E-state index contributed by atoms with van der Waals surface area (Å²) in [7, 11) is 0. The van der Waals surface area contributed by atoms with Crippen molar-refractivity contribution < 1.29 is 9.72 Å². The number of para-hydroxylation sites is 2. The molecule has 0 aromatic heterocycles. The monoisotopic (exact) mass is 300 g/mol. The lowest BCUT2D eigenvalue weighted by atomic mass is 10.1. The van der Waals surface area contributed by atoms with Crippen LogP contribution in [0.15, 0.2) is 24.3 Å². The van der Waals surface area contributed by atoms with Crippen LogP contribution in [0.25, 0.3) is 0 Å². The first-order valence-corrected chi connectivity index (χ1v) is 6.03. The minimum atomic E-state index is -0.520. The number of halogens is 1.